The van der Waals surface area contributed by atoms with Crippen molar-refractivity contribution >= 4 is 31.8 Å². The first kappa shape index (κ1) is 24.0. The molecule has 3 aromatic carbocycles. The van der Waals surface area contributed by atoms with E-state index < -0.39 is 22.2 Å². The first-order valence-electron chi connectivity index (χ1n) is 12.1. The molecule has 0 bridgehead atoms. The lowest BCUT2D eigenvalue weighted by molar-refractivity contribution is 0.0638. The standard InChI is InChI=1S/C28H33N3O3S/c1-18-9-12-20(13-10-18)35(33,34)30-23-16-29-17-26(27(23)32)31-24-8-6-5-7-21(24)22-15-19(28(2,3)4)11-14-25(22)31/h5-15,23,26-27,29-30,32H,16-17H2,1-4H3/t23-,26+,27+/m1/s1. The Morgan fingerprint density at radius 1 is 0.943 bits per heavy atom. The van der Waals surface area contributed by atoms with Crippen molar-refractivity contribution in [1.82, 2.24) is 14.6 Å². The normalized spacial score (nSPS) is 21.6. The lowest BCUT2D eigenvalue weighted by Gasteiger charge is -2.37. The number of aliphatic hydroxyl groups excluding tert-OH is 1. The van der Waals surface area contributed by atoms with E-state index in [2.05, 4.69) is 65.7 Å². The summed E-state index contributed by atoms with van der Waals surface area (Å²) in [5, 5.41) is 17.1. The molecule has 4 aromatic rings. The number of rotatable bonds is 4. The number of benzene rings is 3. The molecule has 0 aliphatic carbocycles. The molecule has 3 atom stereocenters. The molecule has 0 unspecified atom stereocenters. The van der Waals surface area contributed by atoms with Crippen LogP contribution >= 0.6 is 0 Å². The molecule has 6 nitrogen and oxygen atoms in total. The Hall–Kier alpha value is -2.71. The average molecular weight is 492 g/mol. The van der Waals surface area contributed by atoms with Crippen molar-refractivity contribution in [3.63, 3.8) is 0 Å². The number of hydrogen-bond acceptors (Lipinski definition) is 4. The van der Waals surface area contributed by atoms with Gasteiger partial charge in [-0.15, -0.1) is 0 Å². The van der Waals surface area contributed by atoms with Crippen LogP contribution in [0.25, 0.3) is 21.8 Å². The molecule has 1 aliphatic heterocycles. The Labute approximate surface area is 207 Å². The molecule has 1 fully saturated rings. The van der Waals surface area contributed by atoms with Gasteiger partial charge in [-0.1, -0.05) is 62.7 Å². The average Bonchev–Trinajstić information content (AvgIpc) is 3.14. The number of aryl methyl sites for hydroxylation is 1. The Balaban J connectivity index is 1.55. The number of nitrogens with one attached hydrogen (secondary N) is 2. The molecule has 0 radical (unpaired) electrons. The first-order valence-corrected chi connectivity index (χ1v) is 13.6. The Morgan fingerprint density at radius 2 is 1.63 bits per heavy atom. The minimum Gasteiger partial charge on any atom is -0.389 e. The van der Waals surface area contributed by atoms with Crippen LogP contribution in [0.5, 0.6) is 0 Å². The van der Waals surface area contributed by atoms with Gasteiger partial charge in [0.05, 0.1) is 23.1 Å². The predicted molar refractivity (Wildman–Crippen MR) is 141 cm³/mol. The van der Waals surface area contributed by atoms with Gasteiger partial charge in [0.15, 0.2) is 0 Å². The summed E-state index contributed by atoms with van der Waals surface area (Å²) in [5.41, 5.74) is 4.32. The molecule has 1 aliphatic rings. The van der Waals surface area contributed by atoms with Gasteiger partial charge >= 0.3 is 0 Å². The number of aromatic nitrogens is 1. The number of sulfonamides is 1. The van der Waals surface area contributed by atoms with Crippen LogP contribution in [0.4, 0.5) is 0 Å². The minimum atomic E-state index is -3.77. The fourth-order valence-electron chi connectivity index (χ4n) is 5.06. The zero-order valence-electron chi connectivity index (χ0n) is 20.6. The summed E-state index contributed by atoms with van der Waals surface area (Å²) in [6.45, 7) is 9.42. The van der Waals surface area contributed by atoms with E-state index in [4.69, 9.17) is 0 Å². The summed E-state index contributed by atoms with van der Waals surface area (Å²) < 4.78 is 31.0. The lowest BCUT2D eigenvalue weighted by atomic mass is 9.86. The molecule has 0 spiro atoms. The molecule has 3 N–H and O–H groups in total. The maximum absolute atomic E-state index is 13.0. The monoisotopic (exact) mass is 491 g/mol. The SMILES string of the molecule is Cc1ccc(S(=O)(=O)N[C@@H]2CNC[C@H](n3c4ccccc4c4cc(C(C)(C)C)ccc43)[C@H]2O)cc1. The first-order chi connectivity index (χ1) is 16.6. The zero-order valence-corrected chi connectivity index (χ0v) is 21.4. The van der Waals surface area contributed by atoms with Crippen LogP contribution in [-0.2, 0) is 15.4 Å². The lowest BCUT2D eigenvalue weighted by Crippen LogP contribution is -2.58. The molecule has 1 saturated heterocycles. The van der Waals surface area contributed by atoms with Crippen molar-refractivity contribution in [3.8, 4) is 0 Å². The molecule has 0 saturated carbocycles. The molecule has 7 heteroatoms. The van der Waals surface area contributed by atoms with Crippen LogP contribution in [0.2, 0.25) is 0 Å². The van der Waals surface area contributed by atoms with Gasteiger partial charge in [0.1, 0.15) is 0 Å². The Morgan fingerprint density at radius 3 is 2.34 bits per heavy atom. The summed E-state index contributed by atoms with van der Waals surface area (Å²) in [7, 11) is -3.77. The van der Waals surface area contributed by atoms with Crippen molar-refractivity contribution in [1.29, 1.82) is 0 Å². The summed E-state index contributed by atoms with van der Waals surface area (Å²) >= 11 is 0. The van der Waals surface area contributed by atoms with Crippen LogP contribution in [0.15, 0.2) is 71.6 Å². The molecule has 5 rings (SSSR count). The fraction of sp³-hybridized carbons (Fsp3) is 0.357. The van der Waals surface area contributed by atoms with E-state index in [0.29, 0.717) is 13.1 Å². The topological polar surface area (TPSA) is 83.4 Å². The minimum absolute atomic E-state index is 0.0165. The zero-order chi connectivity index (χ0) is 25.0. The largest absolute Gasteiger partial charge is 0.389 e. The number of para-hydroxylation sites is 1. The fourth-order valence-corrected chi connectivity index (χ4v) is 6.32. The highest BCUT2D eigenvalue weighted by Crippen LogP contribution is 2.36. The number of piperidine rings is 1. The third-order valence-electron chi connectivity index (χ3n) is 7.07. The summed E-state index contributed by atoms with van der Waals surface area (Å²) in [5.74, 6) is 0. The van der Waals surface area contributed by atoms with Gasteiger partial charge in [-0.3, -0.25) is 0 Å². The van der Waals surface area contributed by atoms with Crippen LogP contribution < -0.4 is 10.0 Å². The van der Waals surface area contributed by atoms with E-state index >= 15 is 0 Å². The van der Waals surface area contributed by atoms with Crippen molar-refractivity contribution in [2.75, 3.05) is 13.1 Å². The van der Waals surface area contributed by atoms with Gasteiger partial charge < -0.3 is 15.0 Å². The van der Waals surface area contributed by atoms with Crippen LogP contribution in [0.1, 0.15) is 37.9 Å². The van der Waals surface area contributed by atoms with E-state index in [1.807, 2.05) is 19.1 Å². The van der Waals surface area contributed by atoms with Crippen molar-refractivity contribution in [2.45, 2.75) is 56.2 Å². The van der Waals surface area contributed by atoms with Crippen LogP contribution in [0.3, 0.4) is 0 Å². The smallest absolute Gasteiger partial charge is 0.240 e. The van der Waals surface area contributed by atoms with E-state index in [9.17, 15) is 13.5 Å². The van der Waals surface area contributed by atoms with E-state index in [0.717, 1.165) is 27.4 Å². The van der Waals surface area contributed by atoms with Gasteiger partial charge in [-0.05, 0) is 48.2 Å². The third kappa shape index (κ3) is 4.38. The summed E-state index contributed by atoms with van der Waals surface area (Å²) in [4.78, 5) is 0.198. The maximum Gasteiger partial charge on any atom is 0.240 e. The second kappa shape index (κ2) is 8.75. The predicted octanol–water partition coefficient (Wildman–Crippen LogP) is 4.25. The van der Waals surface area contributed by atoms with Crippen molar-refractivity contribution in [2.24, 2.45) is 0 Å². The van der Waals surface area contributed by atoms with Crippen LogP contribution in [-0.4, -0.2) is 43.3 Å². The number of fused-ring (bicyclic) bond motifs is 3. The number of nitrogens with zero attached hydrogens (tertiary/aromatic N) is 1. The molecule has 2 heterocycles. The second-order valence-electron chi connectivity index (χ2n) is 10.6. The quantitative estimate of drug-likeness (QED) is 0.399. The third-order valence-corrected chi connectivity index (χ3v) is 8.58. The van der Waals surface area contributed by atoms with Crippen LogP contribution in [0, 0.1) is 6.92 Å². The molecular weight excluding hydrogens is 458 g/mol. The van der Waals surface area contributed by atoms with Gasteiger partial charge in [0.25, 0.3) is 0 Å². The van der Waals surface area contributed by atoms with Gasteiger partial charge in [-0.25, -0.2) is 13.1 Å². The number of hydrogen-bond donors (Lipinski definition) is 3. The van der Waals surface area contributed by atoms with E-state index in [-0.39, 0.29) is 16.4 Å². The molecule has 1 aromatic heterocycles. The maximum atomic E-state index is 13.0. The molecule has 0 amide bonds. The summed E-state index contributed by atoms with van der Waals surface area (Å²) in [6, 6.07) is 20.5. The highest BCUT2D eigenvalue weighted by molar-refractivity contribution is 7.89. The van der Waals surface area contributed by atoms with Gasteiger partial charge in [0.2, 0.25) is 10.0 Å². The molecule has 35 heavy (non-hydrogen) atoms. The van der Waals surface area contributed by atoms with E-state index in [1.165, 1.54) is 5.56 Å². The summed E-state index contributed by atoms with van der Waals surface area (Å²) in [6.07, 6.45) is -0.905. The van der Waals surface area contributed by atoms with Gasteiger partial charge in [0, 0.05) is 34.9 Å². The Bertz CT molecular complexity index is 1480. The highest BCUT2D eigenvalue weighted by Gasteiger charge is 2.37. The highest BCUT2D eigenvalue weighted by atomic mass is 32.2. The molecular formula is C28H33N3O3S. The van der Waals surface area contributed by atoms with Gasteiger partial charge in [-0.2, -0.15) is 0 Å². The van der Waals surface area contributed by atoms with Crippen molar-refractivity contribution in [3.05, 3.63) is 77.9 Å². The Kier molecular flexibility index (Phi) is 6.00. The second-order valence-corrected chi connectivity index (χ2v) is 12.3. The molecule has 184 valence electrons. The van der Waals surface area contributed by atoms with E-state index in [1.54, 1.807) is 24.3 Å². The van der Waals surface area contributed by atoms with Crippen molar-refractivity contribution < 1.29 is 13.5 Å². The number of aliphatic hydroxyl groups is 1.